The third-order valence-electron chi connectivity index (χ3n) is 2.39. The largest absolute Gasteiger partial charge is 0.264 e. The van der Waals surface area contributed by atoms with Crippen molar-refractivity contribution in [1.29, 1.82) is 0 Å². The van der Waals surface area contributed by atoms with E-state index in [1.807, 2.05) is 12.1 Å². The Morgan fingerprint density at radius 2 is 2.00 bits per heavy atom. The van der Waals surface area contributed by atoms with Gasteiger partial charge < -0.3 is 0 Å². The number of nitrogens with zero attached hydrogens (tertiary/aromatic N) is 3. The minimum atomic E-state index is -0.488. The lowest BCUT2D eigenvalue weighted by molar-refractivity contribution is 0.596. The molecule has 0 unspecified atom stereocenters. The first-order valence-corrected chi connectivity index (χ1v) is 6.14. The van der Waals surface area contributed by atoms with Crippen LogP contribution in [0.2, 0.25) is 0 Å². The Bertz CT molecular complexity index is 653. The molecule has 0 N–H and O–H groups in total. The Hall–Kier alpha value is -2.14. The summed E-state index contributed by atoms with van der Waals surface area (Å²) in [6.45, 7) is 0. The van der Waals surface area contributed by atoms with Gasteiger partial charge in [-0.3, -0.25) is 9.97 Å². The molecule has 0 aliphatic heterocycles. The number of halogens is 1. The first-order chi connectivity index (χ1) is 8.84. The maximum atomic E-state index is 13.8. The lowest BCUT2D eigenvalue weighted by atomic mass is 10.3. The molecule has 3 aromatic heterocycles. The Morgan fingerprint density at radius 1 is 1.06 bits per heavy atom. The highest BCUT2D eigenvalue weighted by Gasteiger charge is 2.14. The fourth-order valence-electron chi connectivity index (χ4n) is 1.57. The van der Waals surface area contributed by atoms with E-state index in [2.05, 4.69) is 15.0 Å². The van der Waals surface area contributed by atoms with Gasteiger partial charge in [-0.1, -0.05) is 6.07 Å². The average Bonchev–Trinajstić information content (AvgIpc) is 2.83. The monoisotopic (exact) mass is 257 g/mol. The van der Waals surface area contributed by atoms with Crippen molar-refractivity contribution >= 4 is 11.3 Å². The van der Waals surface area contributed by atoms with Gasteiger partial charge in [0.25, 0.3) is 0 Å². The Kier molecular flexibility index (Phi) is 2.82. The number of aromatic nitrogens is 3. The van der Waals surface area contributed by atoms with E-state index < -0.39 is 5.95 Å². The lowest BCUT2D eigenvalue weighted by Crippen LogP contribution is -1.82. The summed E-state index contributed by atoms with van der Waals surface area (Å²) in [5.74, 6) is -0.488. The summed E-state index contributed by atoms with van der Waals surface area (Å²) in [6.07, 6.45) is 4.98. The van der Waals surface area contributed by atoms with E-state index in [1.165, 1.54) is 11.3 Å². The molecule has 0 radical (unpaired) electrons. The van der Waals surface area contributed by atoms with Crippen molar-refractivity contribution in [3.05, 3.63) is 54.9 Å². The van der Waals surface area contributed by atoms with Gasteiger partial charge in [0.1, 0.15) is 9.88 Å². The Morgan fingerprint density at radius 3 is 2.72 bits per heavy atom. The van der Waals surface area contributed by atoms with Crippen molar-refractivity contribution in [2.45, 2.75) is 0 Å². The van der Waals surface area contributed by atoms with Crippen LogP contribution in [0.25, 0.3) is 21.1 Å². The number of hydrogen-bond donors (Lipinski definition) is 0. The standard InChI is InChI=1S/C13H8FN3S/c14-12-11(10-5-1-2-7-16-10)18-13(17-12)9-4-3-6-15-8-9/h1-8H. The van der Waals surface area contributed by atoms with E-state index in [-0.39, 0.29) is 0 Å². The van der Waals surface area contributed by atoms with Crippen LogP contribution in [-0.4, -0.2) is 15.0 Å². The van der Waals surface area contributed by atoms with Crippen LogP contribution >= 0.6 is 11.3 Å². The van der Waals surface area contributed by atoms with Crippen LogP contribution in [-0.2, 0) is 0 Å². The molecule has 0 atom stereocenters. The zero-order valence-corrected chi connectivity index (χ0v) is 10.1. The third-order valence-corrected chi connectivity index (χ3v) is 3.49. The molecule has 0 fully saturated rings. The first kappa shape index (κ1) is 11.0. The van der Waals surface area contributed by atoms with Crippen molar-refractivity contribution in [3.63, 3.8) is 0 Å². The van der Waals surface area contributed by atoms with Gasteiger partial charge in [0.05, 0.1) is 5.69 Å². The van der Waals surface area contributed by atoms with Crippen LogP contribution in [0.5, 0.6) is 0 Å². The van der Waals surface area contributed by atoms with Crippen molar-refractivity contribution < 1.29 is 4.39 Å². The Labute approximate surface area is 107 Å². The van der Waals surface area contributed by atoms with Crippen molar-refractivity contribution in [2.75, 3.05) is 0 Å². The zero-order chi connectivity index (χ0) is 12.4. The van der Waals surface area contributed by atoms with Crippen LogP contribution in [0.1, 0.15) is 0 Å². The predicted octanol–water partition coefficient (Wildman–Crippen LogP) is 3.41. The molecule has 0 amide bonds. The van der Waals surface area contributed by atoms with E-state index in [4.69, 9.17) is 0 Å². The molecule has 0 saturated heterocycles. The Balaban J connectivity index is 2.07. The summed E-state index contributed by atoms with van der Waals surface area (Å²) in [6, 6.07) is 9.04. The molecule has 0 saturated carbocycles. The topological polar surface area (TPSA) is 38.7 Å². The van der Waals surface area contributed by atoms with Crippen LogP contribution in [0.15, 0.2) is 48.9 Å². The van der Waals surface area contributed by atoms with Gasteiger partial charge in [0.2, 0.25) is 5.95 Å². The highest BCUT2D eigenvalue weighted by molar-refractivity contribution is 7.18. The second-order valence-electron chi connectivity index (χ2n) is 3.60. The van der Waals surface area contributed by atoms with Gasteiger partial charge in [0.15, 0.2) is 0 Å². The van der Waals surface area contributed by atoms with E-state index in [9.17, 15) is 4.39 Å². The quantitative estimate of drug-likeness (QED) is 0.706. The summed E-state index contributed by atoms with van der Waals surface area (Å²) in [5, 5.41) is 0.612. The molecule has 88 valence electrons. The van der Waals surface area contributed by atoms with Gasteiger partial charge in [-0.15, -0.1) is 11.3 Å². The lowest BCUT2D eigenvalue weighted by Gasteiger charge is -1.94. The average molecular weight is 257 g/mol. The van der Waals surface area contributed by atoms with Crippen LogP contribution < -0.4 is 0 Å². The van der Waals surface area contributed by atoms with Crippen molar-refractivity contribution in [2.24, 2.45) is 0 Å². The molecule has 0 aliphatic carbocycles. The smallest absolute Gasteiger partial charge is 0.233 e. The maximum Gasteiger partial charge on any atom is 0.233 e. The van der Waals surface area contributed by atoms with Gasteiger partial charge in [-0.05, 0) is 24.3 Å². The SMILES string of the molecule is Fc1nc(-c2cccnc2)sc1-c1ccccn1. The molecule has 3 rings (SSSR count). The minimum absolute atomic E-state index is 0.453. The fraction of sp³-hybridized carbons (Fsp3) is 0. The van der Waals surface area contributed by atoms with Crippen LogP contribution in [0.4, 0.5) is 4.39 Å². The molecule has 0 aromatic carbocycles. The number of rotatable bonds is 2. The summed E-state index contributed by atoms with van der Waals surface area (Å²) in [5.41, 5.74) is 1.41. The summed E-state index contributed by atoms with van der Waals surface area (Å²) in [7, 11) is 0. The van der Waals surface area contributed by atoms with E-state index in [0.717, 1.165) is 5.56 Å². The number of hydrogen-bond acceptors (Lipinski definition) is 4. The molecule has 18 heavy (non-hydrogen) atoms. The van der Waals surface area contributed by atoms with E-state index >= 15 is 0 Å². The van der Waals surface area contributed by atoms with Gasteiger partial charge >= 0.3 is 0 Å². The van der Waals surface area contributed by atoms with Crippen molar-refractivity contribution in [3.8, 4) is 21.1 Å². The van der Waals surface area contributed by atoms with Gasteiger partial charge in [-0.2, -0.15) is 4.39 Å². The van der Waals surface area contributed by atoms with Crippen LogP contribution in [0.3, 0.4) is 0 Å². The molecule has 0 aliphatic rings. The third kappa shape index (κ3) is 2.00. The second kappa shape index (κ2) is 4.62. The summed E-state index contributed by atoms with van der Waals surface area (Å²) >= 11 is 1.28. The second-order valence-corrected chi connectivity index (χ2v) is 4.59. The zero-order valence-electron chi connectivity index (χ0n) is 9.25. The molecule has 3 aromatic rings. The predicted molar refractivity (Wildman–Crippen MR) is 68.5 cm³/mol. The summed E-state index contributed by atoms with van der Waals surface area (Å²) < 4.78 is 13.8. The molecular weight excluding hydrogens is 249 g/mol. The molecule has 3 heterocycles. The number of thiazole rings is 1. The molecule has 0 bridgehead atoms. The molecular formula is C13H8FN3S. The van der Waals surface area contributed by atoms with E-state index in [1.54, 1.807) is 36.8 Å². The highest BCUT2D eigenvalue weighted by atomic mass is 32.1. The van der Waals surface area contributed by atoms with E-state index in [0.29, 0.717) is 15.6 Å². The number of pyridine rings is 2. The highest BCUT2D eigenvalue weighted by Crippen LogP contribution is 2.32. The molecule has 3 nitrogen and oxygen atoms in total. The maximum absolute atomic E-state index is 13.8. The first-order valence-electron chi connectivity index (χ1n) is 5.33. The normalized spacial score (nSPS) is 10.5. The minimum Gasteiger partial charge on any atom is -0.264 e. The van der Waals surface area contributed by atoms with Gasteiger partial charge in [-0.25, -0.2) is 4.98 Å². The van der Waals surface area contributed by atoms with Gasteiger partial charge in [0, 0.05) is 24.2 Å². The molecule has 0 spiro atoms. The van der Waals surface area contributed by atoms with Crippen LogP contribution in [0, 0.1) is 5.95 Å². The molecule has 5 heteroatoms. The fourth-order valence-corrected chi connectivity index (χ4v) is 2.48. The summed E-state index contributed by atoms with van der Waals surface area (Å²) in [4.78, 5) is 12.5. The van der Waals surface area contributed by atoms with Crippen molar-refractivity contribution in [1.82, 2.24) is 15.0 Å².